The van der Waals surface area contributed by atoms with Crippen molar-refractivity contribution in [3.63, 3.8) is 0 Å². The fraction of sp³-hybridized carbons (Fsp3) is 0.550. The topological polar surface area (TPSA) is 150 Å². The molecule has 172 valence electrons. The first-order valence-electron chi connectivity index (χ1n) is 9.80. The summed E-state index contributed by atoms with van der Waals surface area (Å²) in [6.45, 7) is 3.77. The molecule has 11 heteroatoms. The molecule has 1 aromatic carbocycles. The molecule has 2 atom stereocenters. The molecule has 2 amide bonds. The lowest BCUT2D eigenvalue weighted by Crippen LogP contribution is -2.55. The van der Waals surface area contributed by atoms with Gasteiger partial charge in [-0.15, -0.1) is 0 Å². The number of hydrogen-bond donors (Lipinski definition) is 3. The molecule has 1 heterocycles. The Kier molecular flexibility index (Phi) is 8.15. The normalized spacial score (nSPS) is 16.9. The van der Waals surface area contributed by atoms with E-state index in [9.17, 15) is 27.9 Å². The van der Waals surface area contributed by atoms with Crippen LogP contribution in [0.4, 0.5) is 0 Å². The summed E-state index contributed by atoms with van der Waals surface area (Å²) in [6, 6.07) is 8.59. The predicted octanol–water partition coefficient (Wildman–Crippen LogP) is -0.583. The minimum absolute atomic E-state index is 0.0138. The SMILES string of the molecule is CC(C)(C(=O)N1CCOCC1)S(=O)(=O)C[C@@H](Cc1ccccc1)C(=O)NC(O)C(=O)O. The monoisotopic (exact) mass is 456 g/mol. The van der Waals surface area contributed by atoms with Crippen molar-refractivity contribution in [1.82, 2.24) is 10.2 Å². The zero-order chi connectivity index (χ0) is 23.2. The van der Waals surface area contributed by atoms with E-state index in [1.165, 1.54) is 18.7 Å². The third kappa shape index (κ3) is 6.25. The number of morpholine rings is 1. The third-order valence-corrected chi connectivity index (χ3v) is 7.79. The van der Waals surface area contributed by atoms with E-state index in [1.54, 1.807) is 30.3 Å². The summed E-state index contributed by atoms with van der Waals surface area (Å²) in [7, 11) is -4.15. The van der Waals surface area contributed by atoms with Crippen molar-refractivity contribution >= 4 is 27.6 Å². The average molecular weight is 457 g/mol. The molecule has 0 radical (unpaired) electrons. The van der Waals surface area contributed by atoms with Crippen molar-refractivity contribution in [3.05, 3.63) is 35.9 Å². The second kappa shape index (κ2) is 10.2. The molecule has 10 nitrogen and oxygen atoms in total. The molecule has 0 bridgehead atoms. The van der Waals surface area contributed by atoms with E-state index < -0.39 is 50.3 Å². The van der Waals surface area contributed by atoms with Gasteiger partial charge in [0.1, 0.15) is 4.75 Å². The molecule has 1 aliphatic rings. The fourth-order valence-corrected chi connectivity index (χ4v) is 4.80. The van der Waals surface area contributed by atoms with E-state index in [4.69, 9.17) is 9.84 Å². The van der Waals surface area contributed by atoms with Crippen LogP contribution in [0.15, 0.2) is 30.3 Å². The summed E-state index contributed by atoms with van der Waals surface area (Å²) in [5.41, 5.74) is 0.653. The molecular weight excluding hydrogens is 428 g/mol. The highest BCUT2D eigenvalue weighted by Gasteiger charge is 2.46. The number of ether oxygens (including phenoxy) is 1. The Balaban J connectivity index is 2.26. The fourth-order valence-electron chi connectivity index (χ4n) is 3.19. The van der Waals surface area contributed by atoms with Crippen molar-refractivity contribution in [2.75, 3.05) is 32.1 Å². The van der Waals surface area contributed by atoms with E-state index in [-0.39, 0.29) is 19.5 Å². The lowest BCUT2D eigenvalue weighted by atomic mass is 10.00. The van der Waals surface area contributed by atoms with Crippen LogP contribution in [0.1, 0.15) is 19.4 Å². The summed E-state index contributed by atoms with van der Waals surface area (Å²) in [5.74, 6) is -5.09. The standard InChI is InChI=1S/C20H28N2O8S/c1-20(2,19(27)22-8-10-30-11-9-22)31(28,29)13-15(12-14-6-4-3-5-7-14)16(23)21-17(24)18(25)26/h3-7,15,17,24H,8-13H2,1-2H3,(H,21,23)(H,25,26)/t15-,17?/m1/s1. The van der Waals surface area contributed by atoms with Gasteiger partial charge in [0, 0.05) is 13.1 Å². The van der Waals surface area contributed by atoms with Gasteiger partial charge in [0.05, 0.1) is 24.9 Å². The van der Waals surface area contributed by atoms with E-state index >= 15 is 0 Å². The predicted molar refractivity (Wildman–Crippen MR) is 111 cm³/mol. The number of nitrogens with zero attached hydrogens (tertiary/aromatic N) is 1. The van der Waals surface area contributed by atoms with Crippen LogP contribution in [0.25, 0.3) is 0 Å². The number of carbonyl (C=O) groups is 3. The molecule has 0 spiro atoms. The Morgan fingerprint density at radius 1 is 1.16 bits per heavy atom. The van der Waals surface area contributed by atoms with Crippen molar-refractivity contribution in [3.8, 4) is 0 Å². The molecule has 2 rings (SSSR count). The summed E-state index contributed by atoms with van der Waals surface area (Å²) in [5, 5.41) is 20.2. The van der Waals surface area contributed by atoms with Gasteiger partial charge >= 0.3 is 5.97 Å². The van der Waals surface area contributed by atoms with E-state index in [1.807, 2.05) is 5.32 Å². The largest absolute Gasteiger partial charge is 0.478 e. The van der Waals surface area contributed by atoms with Crippen LogP contribution >= 0.6 is 0 Å². The van der Waals surface area contributed by atoms with Crippen molar-refractivity contribution in [2.45, 2.75) is 31.2 Å². The Labute approximate surface area is 181 Å². The Bertz CT molecular complexity index is 895. The van der Waals surface area contributed by atoms with Crippen molar-refractivity contribution < 1.29 is 37.8 Å². The number of rotatable bonds is 9. The number of sulfone groups is 1. The van der Waals surface area contributed by atoms with Crippen LogP contribution in [0.5, 0.6) is 0 Å². The maximum absolute atomic E-state index is 13.2. The quantitative estimate of drug-likeness (QED) is 0.418. The minimum atomic E-state index is -4.15. The average Bonchev–Trinajstić information content (AvgIpc) is 2.73. The first kappa shape index (κ1) is 24.8. The highest BCUT2D eigenvalue weighted by atomic mass is 32.2. The van der Waals surface area contributed by atoms with Gasteiger partial charge in [0.2, 0.25) is 18.0 Å². The van der Waals surface area contributed by atoms with E-state index in [2.05, 4.69) is 0 Å². The molecule has 1 unspecified atom stereocenters. The molecule has 1 saturated heterocycles. The lowest BCUT2D eigenvalue weighted by Gasteiger charge is -2.34. The van der Waals surface area contributed by atoms with Gasteiger partial charge in [-0.05, 0) is 25.8 Å². The highest BCUT2D eigenvalue weighted by molar-refractivity contribution is 7.93. The maximum Gasteiger partial charge on any atom is 0.353 e. The Hall–Kier alpha value is -2.50. The smallest absolute Gasteiger partial charge is 0.353 e. The van der Waals surface area contributed by atoms with Crippen LogP contribution in [0, 0.1) is 5.92 Å². The van der Waals surface area contributed by atoms with Crippen LogP contribution in [-0.2, 0) is 35.4 Å². The Morgan fingerprint density at radius 3 is 2.29 bits per heavy atom. The van der Waals surface area contributed by atoms with Crippen molar-refractivity contribution in [2.24, 2.45) is 5.92 Å². The van der Waals surface area contributed by atoms with Gasteiger partial charge in [0.25, 0.3) is 0 Å². The van der Waals surface area contributed by atoms with Gasteiger partial charge in [-0.3, -0.25) is 9.59 Å². The molecule has 1 fully saturated rings. The maximum atomic E-state index is 13.2. The van der Waals surface area contributed by atoms with E-state index in [0.717, 1.165) is 0 Å². The van der Waals surface area contributed by atoms with Gasteiger partial charge in [0.15, 0.2) is 9.84 Å². The van der Waals surface area contributed by atoms with Gasteiger partial charge in [-0.25, -0.2) is 13.2 Å². The number of aliphatic hydroxyl groups is 1. The third-order valence-electron chi connectivity index (χ3n) is 5.22. The number of aliphatic hydroxyl groups excluding tert-OH is 1. The van der Waals surface area contributed by atoms with Crippen LogP contribution in [0.2, 0.25) is 0 Å². The molecule has 3 N–H and O–H groups in total. The number of amides is 2. The van der Waals surface area contributed by atoms with Crippen LogP contribution < -0.4 is 5.32 Å². The van der Waals surface area contributed by atoms with Gasteiger partial charge < -0.3 is 25.2 Å². The summed E-state index contributed by atoms with van der Waals surface area (Å²) < 4.78 is 29.8. The zero-order valence-electron chi connectivity index (χ0n) is 17.5. The molecule has 31 heavy (non-hydrogen) atoms. The molecule has 0 aromatic heterocycles. The number of carbonyl (C=O) groups excluding carboxylic acids is 2. The first-order valence-corrected chi connectivity index (χ1v) is 11.5. The minimum Gasteiger partial charge on any atom is -0.478 e. The van der Waals surface area contributed by atoms with Crippen LogP contribution in [-0.4, -0.2) is 84.3 Å². The Morgan fingerprint density at radius 2 is 1.74 bits per heavy atom. The first-order chi connectivity index (χ1) is 14.5. The van der Waals surface area contributed by atoms with Gasteiger partial charge in [-0.1, -0.05) is 30.3 Å². The van der Waals surface area contributed by atoms with Crippen LogP contribution in [0.3, 0.4) is 0 Å². The summed E-state index contributed by atoms with van der Waals surface area (Å²) in [4.78, 5) is 37.8. The number of hydrogen-bond acceptors (Lipinski definition) is 7. The molecule has 1 aliphatic heterocycles. The summed E-state index contributed by atoms with van der Waals surface area (Å²) >= 11 is 0. The zero-order valence-corrected chi connectivity index (χ0v) is 18.3. The molecular formula is C20H28N2O8S. The molecule has 1 aromatic rings. The second-order valence-corrected chi connectivity index (χ2v) is 10.4. The molecule has 0 saturated carbocycles. The number of carboxylic acids is 1. The summed E-state index contributed by atoms with van der Waals surface area (Å²) in [6.07, 6.45) is -2.18. The van der Waals surface area contributed by atoms with Crippen molar-refractivity contribution in [1.29, 1.82) is 0 Å². The number of benzene rings is 1. The number of carboxylic acid groups (broad SMARTS) is 1. The highest BCUT2D eigenvalue weighted by Crippen LogP contribution is 2.25. The molecule has 0 aliphatic carbocycles. The lowest BCUT2D eigenvalue weighted by molar-refractivity contribution is -0.151. The van der Waals surface area contributed by atoms with Gasteiger partial charge in [-0.2, -0.15) is 0 Å². The van der Waals surface area contributed by atoms with E-state index in [0.29, 0.717) is 18.8 Å². The second-order valence-electron chi connectivity index (χ2n) is 7.83. The number of nitrogens with one attached hydrogen (secondary N) is 1. The number of aliphatic carboxylic acids is 1.